The first-order valence-electron chi connectivity index (χ1n) is 10.5. The smallest absolute Gasteiger partial charge is 0.260 e. The van der Waals surface area contributed by atoms with Crippen molar-refractivity contribution in [2.24, 2.45) is 7.05 Å². The number of nitriles is 1. The first kappa shape index (κ1) is 20.2. The fraction of sp³-hybridized carbons (Fsp3) is 0.409. The molecule has 0 atom stereocenters. The highest BCUT2D eigenvalue weighted by Crippen LogP contribution is 2.33. The van der Waals surface area contributed by atoms with Crippen molar-refractivity contribution in [1.29, 1.82) is 5.26 Å². The first-order chi connectivity index (χ1) is 15.5. The minimum atomic E-state index is -1.95. The number of halogens is 1. The quantitative estimate of drug-likeness (QED) is 0.607. The van der Waals surface area contributed by atoms with E-state index in [0.29, 0.717) is 30.0 Å². The van der Waals surface area contributed by atoms with Crippen LogP contribution in [0.4, 0.5) is 10.2 Å². The molecule has 0 unspecified atom stereocenters. The average Bonchev–Trinajstić information content (AvgIpc) is 3.04. The van der Waals surface area contributed by atoms with Crippen molar-refractivity contribution in [1.82, 2.24) is 24.6 Å². The summed E-state index contributed by atoms with van der Waals surface area (Å²) in [6, 6.07) is 3.99. The van der Waals surface area contributed by atoms with Crippen LogP contribution in [0.5, 0.6) is 5.75 Å². The van der Waals surface area contributed by atoms with Gasteiger partial charge in [0.25, 0.3) is 5.91 Å². The number of hydrogen-bond donors (Lipinski definition) is 0. The van der Waals surface area contributed by atoms with E-state index >= 15 is 4.39 Å². The maximum atomic E-state index is 15.8. The normalized spacial score (nSPS) is 17.9. The third-order valence-electron chi connectivity index (χ3n) is 6.23. The predicted octanol–water partition coefficient (Wildman–Crippen LogP) is 1.96. The number of fused-ring (bicyclic) bond motifs is 2. The van der Waals surface area contributed by atoms with Gasteiger partial charge in [-0.15, -0.1) is 0 Å². The Hall–Kier alpha value is -3.74. The van der Waals surface area contributed by atoms with Gasteiger partial charge in [-0.25, -0.2) is 9.37 Å². The lowest BCUT2D eigenvalue weighted by molar-refractivity contribution is -0.146. The van der Waals surface area contributed by atoms with E-state index < -0.39 is 11.6 Å². The van der Waals surface area contributed by atoms with Gasteiger partial charge in [-0.05, 0) is 0 Å². The monoisotopic (exact) mass is 435 g/mol. The number of nitrogens with zero attached hydrogens (tertiary/aromatic N) is 7. The molecular formula is C22H22FN7O2. The SMILES string of the molecule is Cn1ncc2cnc(N3CCC(F)(C(=O)N4CCOc5c(C#N)cncc5C4)CC3)cc21. The fourth-order valence-electron chi connectivity index (χ4n) is 4.37. The number of pyridine rings is 2. The van der Waals surface area contributed by atoms with Crippen molar-refractivity contribution >= 4 is 22.6 Å². The molecule has 0 aromatic carbocycles. The molecule has 0 radical (unpaired) electrons. The highest BCUT2D eigenvalue weighted by molar-refractivity contribution is 5.86. The molecule has 3 aromatic heterocycles. The Bertz CT molecular complexity index is 1230. The van der Waals surface area contributed by atoms with Crippen LogP contribution in [0.25, 0.3) is 10.9 Å². The van der Waals surface area contributed by atoms with Gasteiger partial charge >= 0.3 is 0 Å². The number of aromatic nitrogens is 4. The molecule has 9 nitrogen and oxygen atoms in total. The third-order valence-corrected chi connectivity index (χ3v) is 6.23. The summed E-state index contributed by atoms with van der Waals surface area (Å²) >= 11 is 0. The Morgan fingerprint density at radius 1 is 1.22 bits per heavy atom. The van der Waals surface area contributed by atoms with Crippen LogP contribution < -0.4 is 9.64 Å². The van der Waals surface area contributed by atoms with Crippen LogP contribution in [0.2, 0.25) is 0 Å². The lowest BCUT2D eigenvalue weighted by Crippen LogP contribution is -2.52. The topological polar surface area (TPSA) is 100 Å². The van der Waals surface area contributed by atoms with Crippen LogP contribution in [-0.4, -0.2) is 62.5 Å². The molecule has 1 amide bonds. The summed E-state index contributed by atoms with van der Waals surface area (Å²) in [6.07, 6.45) is 6.68. The van der Waals surface area contributed by atoms with Crippen LogP contribution in [0.3, 0.4) is 0 Å². The molecule has 5 rings (SSSR count). The number of amides is 1. The van der Waals surface area contributed by atoms with Gasteiger partial charge in [-0.2, -0.15) is 10.4 Å². The molecular weight excluding hydrogens is 413 g/mol. The summed E-state index contributed by atoms with van der Waals surface area (Å²) in [7, 11) is 1.87. The molecule has 10 heteroatoms. The van der Waals surface area contributed by atoms with Gasteiger partial charge in [0.05, 0.1) is 24.8 Å². The number of alkyl halides is 1. The molecule has 32 heavy (non-hydrogen) atoms. The number of carbonyl (C=O) groups is 1. The van der Waals surface area contributed by atoms with Crippen LogP contribution in [-0.2, 0) is 18.4 Å². The van der Waals surface area contributed by atoms with E-state index in [-0.39, 0.29) is 32.5 Å². The van der Waals surface area contributed by atoms with Crippen molar-refractivity contribution in [3.8, 4) is 11.8 Å². The van der Waals surface area contributed by atoms with Crippen molar-refractivity contribution in [2.45, 2.75) is 25.1 Å². The average molecular weight is 435 g/mol. The standard InChI is InChI=1S/C22H22FN7O2/c1-28-18-8-19(26-12-16(18)13-27-28)29-4-2-22(23,3-5-29)21(31)30-6-7-32-20-15(9-24)10-25-11-17(20)14-30/h8,10-13H,2-7,14H2,1H3. The molecule has 0 aliphatic carbocycles. The Labute approximate surface area is 184 Å². The number of ether oxygens (including phenoxy) is 1. The van der Waals surface area contributed by atoms with E-state index in [0.717, 1.165) is 16.7 Å². The summed E-state index contributed by atoms with van der Waals surface area (Å²) in [5.41, 5.74) is -0.0583. The van der Waals surface area contributed by atoms with Crippen LogP contribution in [0.15, 0.2) is 30.9 Å². The van der Waals surface area contributed by atoms with Gasteiger partial charge in [0, 0.05) is 68.6 Å². The largest absolute Gasteiger partial charge is 0.490 e. The number of carbonyl (C=O) groups excluding carboxylic acids is 1. The van der Waals surface area contributed by atoms with Crippen LogP contribution in [0, 0.1) is 11.3 Å². The second-order valence-electron chi connectivity index (χ2n) is 8.18. The van der Waals surface area contributed by atoms with Crippen LogP contribution >= 0.6 is 0 Å². The molecule has 0 spiro atoms. The summed E-state index contributed by atoms with van der Waals surface area (Å²) < 4.78 is 23.3. The lowest BCUT2D eigenvalue weighted by Gasteiger charge is -2.38. The predicted molar refractivity (Wildman–Crippen MR) is 114 cm³/mol. The minimum Gasteiger partial charge on any atom is -0.490 e. The lowest BCUT2D eigenvalue weighted by atomic mass is 9.91. The van der Waals surface area contributed by atoms with Crippen molar-refractivity contribution in [3.63, 3.8) is 0 Å². The Morgan fingerprint density at radius 3 is 2.81 bits per heavy atom. The minimum absolute atomic E-state index is 0.0810. The summed E-state index contributed by atoms with van der Waals surface area (Å²) in [4.78, 5) is 25.2. The van der Waals surface area contributed by atoms with E-state index in [1.807, 2.05) is 24.1 Å². The van der Waals surface area contributed by atoms with Gasteiger partial charge in [0.1, 0.15) is 29.8 Å². The van der Waals surface area contributed by atoms with E-state index in [9.17, 15) is 10.1 Å². The van der Waals surface area contributed by atoms with Gasteiger partial charge in [-0.1, -0.05) is 0 Å². The second kappa shape index (κ2) is 7.75. The van der Waals surface area contributed by atoms with Gasteiger partial charge < -0.3 is 14.5 Å². The van der Waals surface area contributed by atoms with Crippen molar-refractivity contribution in [2.75, 3.05) is 31.1 Å². The molecule has 3 aromatic rings. The third kappa shape index (κ3) is 3.39. The molecule has 2 aliphatic rings. The highest BCUT2D eigenvalue weighted by Gasteiger charge is 2.45. The zero-order chi connectivity index (χ0) is 22.3. The molecule has 1 fully saturated rings. The molecule has 164 valence electrons. The van der Waals surface area contributed by atoms with E-state index in [2.05, 4.69) is 15.1 Å². The fourth-order valence-corrected chi connectivity index (χ4v) is 4.37. The highest BCUT2D eigenvalue weighted by atomic mass is 19.1. The summed E-state index contributed by atoms with van der Waals surface area (Å²) in [5, 5.41) is 14.4. The maximum absolute atomic E-state index is 15.8. The molecule has 0 saturated carbocycles. The molecule has 1 saturated heterocycles. The maximum Gasteiger partial charge on any atom is 0.260 e. The summed E-state index contributed by atoms with van der Waals surface area (Å²) in [5.74, 6) is 0.644. The first-order valence-corrected chi connectivity index (χ1v) is 10.5. The number of aryl methyl sites for hydroxylation is 1. The van der Waals surface area contributed by atoms with Crippen LogP contribution in [0.1, 0.15) is 24.0 Å². The summed E-state index contributed by atoms with van der Waals surface area (Å²) in [6.45, 7) is 1.41. The number of hydrogen-bond acceptors (Lipinski definition) is 7. The second-order valence-corrected chi connectivity index (χ2v) is 8.18. The zero-order valence-corrected chi connectivity index (χ0v) is 17.7. The number of piperidine rings is 1. The number of anilines is 1. The van der Waals surface area contributed by atoms with Gasteiger partial charge in [0.15, 0.2) is 5.67 Å². The van der Waals surface area contributed by atoms with Crippen molar-refractivity contribution < 1.29 is 13.9 Å². The van der Waals surface area contributed by atoms with Crippen molar-refractivity contribution in [3.05, 3.63) is 42.0 Å². The van der Waals surface area contributed by atoms with Gasteiger partial charge in [-0.3, -0.25) is 14.5 Å². The Balaban J connectivity index is 1.30. The molecule has 0 N–H and O–H groups in total. The number of rotatable bonds is 2. The zero-order valence-electron chi connectivity index (χ0n) is 17.7. The Kier molecular flexibility index (Phi) is 4.89. The Morgan fingerprint density at radius 2 is 2.03 bits per heavy atom. The molecule has 5 heterocycles. The molecule has 0 bridgehead atoms. The van der Waals surface area contributed by atoms with E-state index in [1.54, 1.807) is 23.3 Å². The van der Waals surface area contributed by atoms with Gasteiger partial charge in [0.2, 0.25) is 0 Å². The van der Waals surface area contributed by atoms with E-state index in [4.69, 9.17) is 4.74 Å². The van der Waals surface area contributed by atoms with E-state index in [1.165, 1.54) is 11.1 Å². The molecule has 2 aliphatic heterocycles.